The van der Waals surface area contributed by atoms with Crippen molar-refractivity contribution in [1.82, 2.24) is 4.90 Å². The molecule has 1 heterocycles. The van der Waals surface area contributed by atoms with Crippen molar-refractivity contribution >= 4 is 17.5 Å². The van der Waals surface area contributed by atoms with Crippen LogP contribution >= 0.6 is 0 Å². The van der Waals surface area contributed by atoms with Crippen molar-refractivity contribution in [1.29, 1.82) is 0 Å². The molecule has 2 rings (SSSR count). The van der Waals surface area contributed by atoms with Crippen molar-refractivity contribution in [3.05, 3.63) is 29.8 Å². The first-order chi connectivity index (χ1) is 9.29. The maximum Gasteiger partial charge on any atom is 0.229 e. The molecule has 4 heteroatoms. The summed E-state index contributed by atoms with van der Waals surface area (Å²) in [6.07, 6.45) is 0.301. The standard InChI is InChI=1S/C16H22N2O2/c1-11-7-5-6-8-13(11)17-15(20)12-9-14(19)18(10-12)16(2,3)4/h5-8,12H,9-10H2,1-4H3,(H,17,20). The van der Waals surface area contributed by atoms with Crippen LogP contribution in [0, 0.1) is 12.8 Å². The van der Waals surface area contributed by atoms with Gasteiger partial charge >= 0.3 is 0 Å². The van der Waals surface area contributed by atoms with Crippen LogP contribution in [0.15, 0.2) is 24.3 Å². The van der Waals surface area contributed by atoms with E-state index >= 15 is 0 Å². The average molecular weight is 274 g/mol. The van der Waals surface area contributed by atoms with Crippen LogP contribution in [0.4, 0.5) is 5.69 Å². The largest absolute Gasteiger partial charge is 0.337 e. The predicted molar refractivity (Wildman–Crippen MR) is 79.4 cm³/mol. The maximum absolute atomic E-state index is 12.3. The molecule has 4 nitrogen and oxygen atoms in total. The van der Waals surface area contributed by atoms with Crippen LogP contribution in [-0.2, 0) is 9.59 Å². The minimum atomic E-state index is -0.263. The molecule has 1 atom stereocenters. The Hall–Kier alpha value is -1.84. The second kappa shape index (κ2) is 5.27. The van der Waals surface area contributed by atoms with Gasteiger partial charge in [-0.25, -0.2) is 0 Å². The van der Waals surface area contributed by atoms with Crippen molar-refractivity contribution in [3.63, 3.8) is 0 Å². The number of hydrogen-bond donors (Lipinski definition) is 1. The first-order valence-electron chi connectivity index (χ1n) is 6.96. The fourth-order valence-corrected chi connectivity index (χ4v) is 2.48. The van der Waals surface area contributed by atoms with Gasteiger partial charge in [0.1, 0.15) is 0 Å². The smallest absolute Gasteiger partial charge is 0.229 e. The summed E-state index contributed by atoms with van der Waals surface area (Å²) < 4.78 is 0. The quantitative estimate of drug-likeness (QED) is 0.901. The third-order valence-corrected chi connectivity index (χ3v) is 3.71. The molecule has 0 aliphatic carbocycles. The summed E-state index contributed by atoms with van der Waals surface area (Å²) in [6.45, 7) is 8.43. The van der Waals surface area contributed by atoms with Gasteiger partial charge in [-0.3, -0.25) is 9.59 Å². The van der Waals surface area contributed by atoms with E-state index in [2.05, 4.69) is 5.32 Å². The minimum Gasteiger partial charge on any atom is -0.337 e. The zero-order chi connectivity index (χ0) is 14.9. The Morgan fingerprint density at radius 3 is 2.50 bits per heavy atom. The zero-order valence-electron chi connectivity index (χ0n) is 12.6. The minimum absolute atomic E-state index is 0.0578. The fourth-order valence-electron chi connectivity index (χ4n) is 2.48. The first kappa shape index (κ1) is 14.6. The molecule has 0 radical (unpaired) electrons. The Bertz CT molecular complexity index is 532. The molecular formula is C16H22N2O2. The number of carbonyl (C=O) groups excluding carboxylic acids is 2. The molecule has 1 aromatic carbocycles. The highest BCUT2D eigenvalue weighted by Crippen LogP contribution is 2.27. The second-order valence-electron chi connectivity index (χ2n) is 6.38. The van der Waals surface area contributed by atoms with E-state index in [1.807, 2.05) is 52.0 Å². The van der Waals surface area contributed by atoms with Crippen molar-refractivity contribution in [3.8, 4) is 0 Å². The first-order valence-corrected chi connectivity index (χ1v) is 6.96. The van der Waals surface area contributed by atoms with Crippen LogP contribution in [0.2, 0.25) is 0 Å². The van der Waals surface area contributed by atoms with Crippen molar-refractivity contribution in [2.75, 3.05) is 11.9 Å². The normalized spacial score (nSPS) is 19.3. The van der Waals surface area contributed by atoms with Gasteiger partial charge in [-0.1, -0.05) is 18.2 Å². The maximum atomic E-state index is 12.3. The summed E-state index contributed by atoms with van der Waals surface area (Å²) in [5.41, 5.74) is 1.62. The van der Waals surface area contributed by atoms with Gasteiger partial charge in [0.2, 0.25) is 11.8 Å². The SMILES string of the molecule is Cc1ccccc1NC(=O)C1CC(=O)N(C(C)(C)C)C1. The molecule has 2 amide bonds. The summed E-state index contributed by atoms with van der Waals surface area (Å²) in [5, 5.41) is 2.93. The summed E-state index contributed by atoms with van der Waals surface area (Å²) >= 11 is 0. The number of rotatable bonds is 2. The number of carbonyl (C=O) groups is 2. The lowest BCUT2D eigenvalue weighted by atomic mass is 10.1. The lowest BCUT2D eigenvalue weighted by Crippen LogP contribution is -2.42. The summed E-state index contributed by atoms with van der Waals surface area (Å²) in [4.78, 5) is 26.1. The highest BCUT2D eigenvalue weighted by atomic mass is 16.2. The van der Waals surface area contributed by atoms with Crippen LogP contribution < -0.4 is 5.32 Å². The van der Waals surface area contributed by atoms with Crippen molar-refractivity contribution < 1.29 is 9.59 Å². The molecule has 20 heavy (non-hydrogen) atoms. The van der Waals surface area contributed by atoms with E-state index in [4.69, 9.17) is 0 Å². The lowest BCUT2D eigenvalue weighted by Gasteiger charge is -2.31. The predicted octanol–water partition coefficient (Wildman–Crippen LogP) is 2.58. The molecule has 1 N–H and O–H groups in total. The van der Waals surface area contributed by atoms with Gasteiger partial charge in [-0.05, 0) is 39.3 Å². The van der Waals surface area contributed by atoms with Gasteiger partial charge in [0, 0.05) is 24.2 Å². The van der Waals surface area contributed by atoms with E-state index in [1.54, 1.807) is 4.90 Å². The number of nitrogens with zero attached hydrogens (tertiary/aromatic N) is 1. The molecule has 108 valence electrons. The van der Waals surface area contributed by atoms with E-state index in [0.717, 1.165) is 11.3 Å². The Kier molecular flexibility index (Phi) is 3.84. The van der Waals surface area contributed by atoms with Crippen molar-refractivity contribution in [2.24, 2.45) is 5.92 Å². The highest BCUT2D eigenvalue weighted by Gasteiger charge is 2.39. The molecule has 0 spiro atoms. The number of benzene rings is 1. The third-order valence-electron chi connectivity index (χ3n) is 3.71. The third kappa shape index (κ3) is 3.00. The van der Waals surface area contributed by atoms with E-state index in [0.29, 0.717) is 13.0 Å². The summed E-state index contributed by atoms with van der Waals surface area (Å²) in [6, 6.07) is 7.66. The number of anilines is 1. The monoisotopic (exact) mass is 274 g/mol. The topological polar surface area (TPSA) is 49.4 Å². The highest BCUT2D eigenvalue weighted by molar-refractivity contribution is 5.97. The van der Waals surface area contributed by atoms with Gasteiger partial charge in [0.25, 0.3) is 0 Å². The van der Waals surface area contributed by atoms with Gasteiger partial charge < -0.3 is 10.2 Å². The summed E-state index contributed by atoms with van der Waals surface area (Å²) in [7, 11) is 0. The van der Waals surface area contributed by atoms with Gasteiger partial charge in [-0.15, -0.1) is 0 Å². The molecule has 1 saturated heterocycles. The molecule has 0 aromatic heterocycles. The van der Waals surface area contributed by atoms with E-state index in [-0.39, 0.29) is 23.3 Å². The van der Waals surface area contributed by atoms with E-state index in [1.165, 1.54) is 0 Å². The number of nitrogens with one attached hydrogen (secondary N) is 1. The number of amides is 2. The fraction of sp³-hybridized carbons (Fsp3) is 0.500. The molecule has 0 saturated carbocycles. The molecule has 1 fully saturated rings. The van der Waals surface area contributed by atoms with Gasteiger partial charge in [0.15, 0.2) is 0 Å². The Labute approximate surface area is 120 Å². The van der Waals surface area contributed by atoms with Gasteiger partial charge in [0.05, 0.1) is 5.92 Å². The summed E-state index contributed by atoms with van der Waals surface area (Å²) in [5.74, 6) is -0.275. The second-order valence-corrected chi connectivity index (χ2v) is 6.38. The number of para-hydroxylation sites is 1. The molecule has 1 aromatic rings. The van der Waals surface area contributed by atoms with E-state index < -0.39 is 0 Å². The van der Waals surface area contributed by atoms with Crippen LogP contribution in [-0.4, -0.2) is 28.8 Å². The zero-order valence-corrected chi connectivity index (χ0v) is 12.6. The van der Waals surface area contributed by atoms with Crippen LogP contribution in [0.3, 0.4) is 0 Å². The number of likely N-dealkylation sites (tertiary alicyclic amines) is 1. The molecule has 1 unspecified atom stereocenters. The van der Waals surface area contributed by atoms with Crippen molar-refractivity contribution in [2.45, 2.75) is 39.7 Å². The number of hydrogen-bond acceptors (Lipinski definition) is 2. The Morgan fingerprint density at radius 1 is 1.30 bits per heavy atom. The van der Waals surface area contributed by atoms with Crippen LogP contribution in [0.25, 0.3) is 0 Å². The Balaban J connectivity index is 2.05. The molecule has 1 aliphatic rings. The van der Waals surface area contributed by atoms with E-state index in [9.17, 15) is 9.59 Å². The van der Waals surface area contributed by atoms with Crippen LogP contribution in [0.1, 0.15) is 32.8 Å². The molecule has 0 bridgehead atoms. The lowest BCUT2D eigenvalue weighted by molar-refractivity contribution is -0.131. The van der Waals surface area contributed by atoms with Crippen LogP contribution in [0.5, 0.6) is 0 Å². The molecule has 1 aliphatic heterocycles. The molecular weight excluding hydrogens is 252 g/mol. The number of aryl methyl sites for hydroxylation is 1. The average Bonchev–Trinajstić information content (AvgIpc) is 2.74. The Morgan fingerprint density at radius 2 is 1.95 bits per heavy atom. The van der Waals surface area contributed by atoms with Gasteiger partial charge in [-0.2, -0.15) is 0 Å².